The van der Waals surface area contributed by atoms with Crippen LogP contribution >= 0.6 is 0 Å². The first kappa shape index (κ1) is 23.2. The Morgan fingerprint density at radius 3 is 1.67 bits per heavy atom. The molecule has 0 N–H and O–H groups in total. The minimum absolute atomic E-state index is 0.386. The predicted octanol–water partition coefficient (Wildman–Crippen LogP) is 4.91. The maximum Gasteiger partial charge on any atom is 0.128 e. The summed E-state index contributed by atoms with van der Waals surface area (Å²) in [5.41, 5.74) is 0. The molecule has 0 heterocycles. The van der Waals surface area contributed by atoms with Crippen LogP contribution in [-0.4, -0.2) is 6.61 Å². The van der Waals surface area contributed by atoms with Gasteiger partial charge in [-0.15, -0.1) is 0 Å². The summed E-state index contributed by atoms with van der Waals surface area (Å²) in [5.74, 6) is 0. The maximum atomic E-state index is 4.68. The molecule has 0 fully saturated rings. The monoisotopic (exact) mass is 354 g/mol. The fraction of sp³-hybridized carbons (Fsp3) is 0.867. The Balaban J connectivity index is 2.95. The molecule has 0 aliphatic heterocycles. The third-order valence-corrected chi connectivity index (χ3v) is 3.03. The van der Waals surface area contributed by atoms with Gasteiger partial charge in [-0.2, -0.15) is 0 Å². The molecule has 0 saturated heterocycles. The molecular formula is C15H30O9. The van der Waals surface area contributed by atoms with Crippen molar-refractivity contribution in [2.75, 3.05) is 6.61 Å². The minimum atomic E-state index is 0.386. The normalized spacial score (nSPS) is 11.4. The smallest absolute Gasteiger partial charge is 0.128 e. The molecule has 0 spiro atoms. The van der Waals surface area contributed by atoms with Gasteiger partial charge in [0.25, 0.3) is 0 Å². The Morgan fingerprint density at radius 2 is 1.08 bits per heavy atom. The molecule has 0 saturated carbocycles. The van der Waals surface area contributed by atoms with E-state index in [-0.39, 0.29) is 0 Å². The highest BCUT2D eigenvalue weighted by atomic mass is 17.9. The van der Waals surface area contributed by atoms with Gasteiger partial charge < -0.3 is 4.89 Å². The summed E-state index contributed by atoms with van der Waals surface area (Å²) in [5, 5.41) is 27.6. The molecule has 0 aromatic heterocycles. The SMILES string of the molecule is CC=COOOOOOOOOCCCCCCCCCCCC. The van der Waals surface area contributed by atoms with E-state index in [4.69, 9.17) is 0 Å². The largest absolute Gasteiger partial charge is 0.314 e. The highest BCUT2D eigenvalue weighted by molar-refractivity contribution is 4.62. The zero-order chi connectivity index (χ0) is 17.6. The molecule has 0 aliphatic rings. The second kappa shape index (κ2) is 22.2. The van der Waals surface area contributed by atoms with Crippen LogP contribution in [0.4, 0.5) is 0 Å². The number of unbranched alkanes of at least 4 members (excludes halogenated alkanes) is 9. The summed E-state index contributed by atoms with van der Waals surface area (Å²) in [7, 11) is 0. The summed E-state index contributed by atoms with van der Waals surface area (Å²) in [6, 6.07) is 0. The number of allylic oxidation sites excluding steroid dienone is 1. The molecule has 0 aromatic rings. The van der Waals surface area contributed by atoms with Gasteiger partial charge in [0.2, 0.25) is 0 Å². The quantitative estimate of drug-likeness (QED) is 0.131. The highest BCUT2D eigenvalue weighted by Crippen LogP contribution is 2.10. The summed E-state index contributed by atoms with van der Waals surface area (Å²) in [4.78, 5) is 8.93. The maximum absolute atomic E-state index is 4.68. The van der Waals surface area contributed by atoms with Gasteiger partial charge >= 0.3 is 0 Å². The third-order valence-electron chi connectivity index (χ3n) is 3.03. The van der Waals surface area contributed by atoms with Crippen LogP contribution in [0.15, 0.2) is 12.3 Å². The first-order valence-corrected chi connectivity index (χ1v) is 8.48. The van der Waals surface area contributed by atoms with Gasteiger partial charge in [0.1, 0.15) is 6.26 Å². The fourth-order valence-electron chi connectivity index (χ4n) is 1.85. The first-order valence-electron chi connectivity index (χ1n) is 8.48. The second-order valence-corrected chi connectivity index (χ2v) is 5.05. The van der Waals surface area contributed by atoms with E-state index in [9.17, 15) is 0 Å². The van der Waals surface area contributed by atoms with Crippen LogP contribution in [0.5, 0.6) is 0 Å². The van der Waals surface area contributed by atoms with Crippen molar-refractivity contribution in [1.29, 1.82) is 0 Å². The van der Waals surface area contributed by atoms with E-state index in [1.54, 1.807) is 13.0 Å². The van der Waals surface area contributed by atoms with Crippen molar-refractivity contribution >= 4 is 0 Å². The van der Waals surface area contributed by atoms with Crippen molar-refractivity contribution in [3.05, 3.63) is 12.3 Å². The van der Waals surface area contributed by atoms with E-state index in [2.05, 4.69) is 52.0 Å². The molecule has 0 aliphatic carbocycles. The molecule has 9 nitrogen and oxygen atoms in total. The van der Waals surface area contributed by atoms with E-state index < -0.39 is 0 Å². The topological polar surface area (TPSA) is 83.1 Å². The molecule has 144 valence electrons. The van der Waals surface area contributed by atoms with Gasteiger partial charge in [-0.3, -0.25) is 0 Å². The lowest BCUT2D eigenvalue weighted by molar-refractivity contribution is -0.829. The molecule has 0 aromatic carbocycles. The molecular weight excluding hydrogens is 324 g/mol. The Labute approximate surface area is 143 Å². The Kier molecular flexibility index (Phi) is 21.5. The van der Waals surface area contributed by atoms with Crippen molar-refractivity contribution in [3.8, 4) is 0 Å². The molecule has 0 bridgehead atoms. The van der Waals surface area contributed by atoms with Gasteiger partial charge in [-0.1, -0.05) is 64.7 Å². The standard InChI is InChI=1S/C15H30O9/c1-3-5-6-7-8-9-10-11-12-13-15-17-19-21-23-24-22-20-18-16-14-4-2/h4,14H,3,5-13,15H2,1-2H3. The van der Waals surface area contributed by atoms with E-state index in [1.165, 1.54) is 57.6 Å². The molecule has 0 rings (SSSR count). The average Bonchev–Trinajstić information content (AvgIpc) is 2.60. The number of rotatable bonds is 20. The van der Waals surface area contributed by atoms with Gasteiger partial charge in [0.05, 0.1) is 6.61 Å². The Hall–Kier alpha value is -0.780. The Bertz CT molecular complexity index is 251. The van der Waals surface area contributed by atoms with Crippen LogP contribution in [0, 0.1) is 0 Å². The predicted molar refractivity (Wildman–Crippen MR) is 81.3 cm³/mol. The van der Waals surface area contributed by atoms with E-state index in [0.717, 1.165) is 12.8 Å². The summed E-state index contributed by atoms with van der Waals surface area (Å²) >= 11 is 0. The third kappa shape index (κ3) is 21.2. The van der Waals surface area contributed by atoms with Gasteiger partial charge in [-0.05, 0) is 34.5 Å². The average molecular weight is 354 g/mol. The van der Waals surface area contributed by atoms with Crippen LogP contribution in [0.2, 0.25) is 0 Å². The molecule has 0 radical (unpaired) electrons. The summed E-state index contributed by atoms with van der Waals surface area (Å²) < 4.78 is 0. The zero-order valence-electron chi connectivity index (χ0n) is 14.6. The summed E-state index contributed by atoms with van der Waals surface area (Å²) in [6.07, 6.45) is 15.2. The van der Waals surface area contributed by atoms with E-state index >= 15 is 0 Å². The first-order chi connectivity index (χ1) is 11.9. The minimum Gasteiger partial charge on any atom is -0.314 e. The molecule has 9 heteroatoms. The van der Waals surface area contributed by atoms with Gasteiger partial charge in [-0.25, -0.2) is 4.89 Å². The number of hydrogen-bond donors (Lipinski definition) is 0. The molecule has 24 heavy (non-hydrogen) atoms. The van der Waals surface area contributed by atoms with Gasteiger partial charge in [0, 0.05) is 20.2 Å². The van der Waals surface area contributed by atoms with Crippen molar-refractivity contribution in [2.24, 2.45) is 0 Å². The Morgan fingerprint density at radius 1 is 0.583 bits per heavy atom. The van der Waals surface area contributed by atoms with E-state index in [0.29, 0.717) is 6.61 Å². The zero-order valence-corrected chi connectivity index (χ0v) is 14.6. The van der Waals surface area contributed by atoms with Crippen LogP contribution in [0.3, 0.4) is 0 Å². The van der Waals surface area contributed by atoms with Crippen molar-refractivity contribution in [1.82, 2.24) is 0 Å². The lowest BCUT2D eigenvalue weighted by atomic mass is 10.1. The number of hydrogen-bond acceptors (Lipinski definition) is 9. The van der Waals surface area contributed by atoms with Crippen molar-refractivity contribution in [2.45, 2.75) is 78.1 Å². The van der Waals surface area contributed by atoms with Crippen LogP contribution in [-0.2, 0) is 45.0 Å². The van der Waals surface area contributed by atoms with Crippen LogP contribution in [0.1, 0.15) is 78.1 Å². The summed E-state index contributed by atoms with van der Waals surface area (Å²) in [6.45, 7) is 4.33. The van der Waals surface area contributed by atoms with E-state index in [1.807, 2.05) is 0 Å². The molecule has 0 amide bonds. The fourth-order valence-corrected chi connectivity index (χ4v) is 1.85. The van der Waals surface area contributed by atoms with Crippen molar-refractivity contribution < 1.29 is 45.0 Å². The van der Waals surface area contributed by atoms with Gasteiger partial charge in [0.15, 0.2) is 0 Å². The molecule has 0 atom stereocenters. The van der Waals surface area contributed by atoms with Crippen LogP contribution in [0.25, 0.3) is 0 Å². The highest BCUT2D eigenvalue weighted by Gasteiger charge is 1.97. The molecule has 0 unspecified atom stereocenters. The second-order valence-electron chi connectivity index (χ2n) is 5.05. The lowest BCUT2D eigenvalue weighted by Crippen LogP contribution is -2.02. The van der Waals surface area contributed by atoms with Crippen molar-refractivity contribution in [3.63, 3.8) is 0 Å². The van der Waals surface area contributed by atoms with Crippen LogP contribution < -0.4 is 0 Å². The lowest BCUT2D eigenvalue weighted by Gasteiger charge is -2.02.